The Morgan fingerprint density at radius 3 is 2.38 bits per heavy atom. The number of amides is 1. The SMILES string of the molecule is CCOc1ccc(C(=O)Nc2ccc(N(C)C)nc2)cc1OCC. The third-order valence-electron chi connectivity index (χ3n) is 3.27. The van der Waals surface area contributed by atoms with Crippen molar-refractivity contribution in [2.45, 2.75) is 13.8 Å². The van der Waals surface area contributed by atoms with Crippen LogP contribution in [-0.4, -0.2) is 38.2 Å². The van der Waals surface area contributed by atoms with E-state index in [4.69, 9.17) is 9.47 Å². The van der Waals surface area contributed by atoms with Gasteiger partial charge in [0.2, 0.25) is 0 Å². The minimum absolute atomic E-state index is 0.224. The van der Waals surface area contributed by atoms with Crippen molar-refractivity contribution in [3.05, 3.63) is 42.1 Å². The molecule has 6 heteroatoms. The molecule has 0 unspecified atom stereocenters. The Kier molecular flexibility index (Phi) is 6.01. The number of ether oxygens (including phenoxy) is 2. The van der Waals surface area contributed by atoms with Crippen LogP contribution in [0.25, 0.3) is 0 Å². The van der Waals surface area contributed by atoms with Gasteiger partial charge in [0.15, 0.2) is 11.5 Å². The number of anilines is 2. The zero-order valence-electron chi connectivity index (χ0n) is 14.5. The van der Waals surface area contributed by atoms with Gasteiger partial charge in [-0.1, -0.05) is 0 Å². The van der Waals surface area contributed by atoms with Gasteiger partial charge in [0.25, 0.3) is 5.91 Å². The highest BCUT2D eigenvalue weighted by Gasteiger charge is 2.12. The van der Waals surface area contributed by atoms with E-state index in [1.165, 1.54) is 0 Å². The van der Waals surface area contributed by atoms with Crippen LogP contribution in [0.5, 0.6) is 11.5 Å². The van der Waals surface area contributed by atoms with Crippen molar-refractivity contribution in [2.75, 3.05) is 37.5 Å². The number of pyridine rings is 1. The fraction of sp³-hybridized carbons (Fsp3) is 0.333. The van der Waals surface area contributed by atoms with Crippen molar-refractivity contribution in [2.24, 2.45) is 0 Å². The third kappa shape index (κ3) is 4.38. The van der Waals surface area contributed by atoms with Crippen LogP contribution in [0, 0.1) is 0 Å². The van der Waals surface area contributed by atoms with Crippen molar-refractivity contribution in [1.29, 1.82) is 0 Å². The van der Waals surface area contributed by atoms with Gasteiger partial charge in [-0.25, -0.2) is 4.98 Å². The molecule has 0 aliphatic carbocycles. The highest BCUT2D eigenvalue weighted by atomic mass is 16.5. The van der Waals surface area contributed by atoms with Crippen molar-refractivity contribution in [1.82, 2.24) is 4.98 Å². The molecule has 0 saturated carbocycles. The van der Waals surface area contributed by atoms with Gasteiger partial charge in [0, 0.05) is 19.7 Å². The van der Waals surface area contributed by atoms with Crippen LogP contribution in [0.2, 0.25) is 0 Å². The lowest BCUT2D eigenvalue weighted by Gasteiger charge is -2.13. The molecule has 1 aromatic carbocycles. The molecule has 0 aliphatic rings. The summed E-state index contributed by atoms with van der Waals surface area (Å²) in [5.41, 5.74) is 1.14. The molecule has 6 nitrogen and oxygen atoms in total. The number of aromatic nitrogens is 1. The van der Waals surface area contributed by atoms with E-state index in [-0.39, 0.29) is 5.91 Å². The molecule has 0 radical (unpaired) electrons. The van der Waals surface area contributed by atoms with Crippen molar-refractivity contribution >= 4 is 17.4 Å². The fourth-order valence-electron chi connectivity index (χ4n) is 2.12. The Labute approximate surface area is 142 Å². The first-order valence-corrected chi connectivity index (χ1v) is 7.89. The van der Waals surface area contributed by atoms with E-state index >= 15 is 0 Å². The molecule has 2 aromatic rings. The van der Waals surface area contributed by atoms with E-state index < -0.39 is 0 Å². The van der Waals surface area contributed by atoms with Crippen LogP contribution in [0.1, 0.15) is 24.2 Å². The van der Waals surface area contributed by atoms with Crippen LogP contribution in [0.3, 0.4) is 0 Å². The summed E-state index contributed by atoms with van der Waals surface area (Å²) in [7, 11) is 3.82. The number of nitrogens with zero attached hydrogens (tertiary/aromatic N) is 2. The molecule has 0 saturated heterocycles. The molecule has 0 spiro atoms. The number of nitrogens with one attached hydrogen (secondary N) is 1. The maximum Gasteiger partial charge on any atom is 0.255 e. The van der Waals surface area contributed by atoms with Crippen molar-refractivity contribution in [3.63, 3.8) is 0 Å². The topological polar surface area (TPSA) is 63.7 Å². The van der Waals surface area contributed by atoms with E-state index in [1.54, 1.807) is 24.4 Å². The average Bonchev–Trinajstić information content (AvgIpc) is 2.57. The Morgan fingerprint density at radius 2 is 1.79 bits per heavy atom. The second kappa shape index (κ2) is 8.19. The molecule has 0 aliphatic heterocycles. The Balaban J connectivity index is 2.15. The molecule has 128 valence electrons. The predicted molar refractivity (Wildman–Crippen MR) is 95.3 cm³/mol. The molecule has 0 fully saturated rings. The molecule has 1 heterocycles. The van der Waals surface area contributed by atoms with Gasteiger partial charge in [-0.3, -0.25) is 4.79 Å². The van der Waals surface area contributed by atoms with Gasteiger partial charge in [-0.15, -0.1) is 0 Å². The number of carbonyl (C=O) groups excluding carboxylic acids is 1. The monoisotopic (exact) mass is 329 g/mol. The number of hydrogen-bond acceptors (Lipinski definition) is 5. The lowest BCUT2D eigenvalue weighted by atomic mass is 10.2. The second-order valence-corrected chi connectivity index (χ2v) is 5.28. The molecule has 24 heavy (non-hydrogen) atoms. The quantitative estimate of drug-likeness (QED) is 0.845. The van der Waals surface area contributed by atoms with Crippen LogP contribution in [-0.2, 0) is 0 Å². The smallest absolute Gasteiger partial charge is 0.255 e. The zero-order chi connectivity index (χ0) is 17.5. The second-order valence-electron chi connectivity index (χ2n) is 5.28. The Morgan fingerprint density at radius 1 is 1.08 bits per heavy atom. The van der Waals surface area contributed by atoms with Gasteiger partial charge in [0.1, 0.15) is 5.82 Å². The minimum Gasteiger partial charge on any atom is -0.490 e. The average molecular weight is 329 g/mol. The van der Waals surface area contributed by atoms with E-state index in [2.05, 4.69) is 10.3 Å². The van der Waals surface area contributed by atoms with E-state index in [1.807, 2.05) is 45.0 Å². The molecular weight excluding hydrogens is 306 g/mol. The third-order valence-corrected chi connectivity index (χ3v) is 3.27. The van der Waals surface area contributed by atoms with Crippen LogP contribution >= 0.6 is 0 Å². The number of carbonyl (C=O) groups is 1. The van der Waals surface area contributed by atoms with Crippen LogP contribution in [0.4, 0.5) is 11.5 Å². The number of rotatable bonds is 7. The highest BCUT2D eigenvalue weighted by molar-refractivity contribution is 6.04. The fourth-order valence-corrected chi connectivity index (χ4v) is 2.12. The first-order valence-electron chi connectivity index (χ1n) is 7.89. The molecule has 0 bridgehead atoms. The first-order chi connectivity index (χ1) is 11.5. The highest BCUT2D eigenvalue weighted by Crippen LogP contribution is 2.28. The summed E-state index contributed by atoms with van der Waals surface area (Å²) >= 11 is 0. The van der Waals surface area contributed by atoms with E-state index in [9.17, 15) is 4.79 Å². The number of hydrogen-bond donors (Lipinski definition) is 1. The lowest BCUT2D eigenvalue weighted by molar-refractivity contribution is 0.102. The van der Waals surface area contributed by atoms with E-state index in [0.29, 0.717) is 36.0 Å². The summed E-state index contributed by atoms with van der Waals surface area (Å²) in [4.78, 5) is 18.6. The van der Waals surface area contributed by atoms with Gasteiger partial charge >= 0.3 is 0 Å². The Hall–Kier alpha value is -2.76. The van der Waals surface area contributed by atoms with Crippen LogP contribution in [0.15, 0.2) is 36.5 Å². The van der Waals surface area contributed by atoms with Gasteiger partial charge < -0.3 is 19.7 Å². The summed E-state index contributed by atoms with van der Waals surface area (Å²) in [6, 6.07) is 8.81. The van der Waals surface area contributed by atoms with Crippen molar-refractivity contribution < 1.29 is 14.3 Å². The molecular formula is C18H23N3O3. The minimum atomic E-state index is -0.224. The van der Waals surface area contributed by atoms with Crippen LogP contribution < -0.4 is 19.7 Å². The summed E-state index contributed by atoms with van der Waals surface area (Å²) in [6.45, 7) is 4.83. The molecule has 1 amide bonds. The van der Waals surface area contributed by atoms with Gasteiger partial charge in [-0.2, -0.15) is 0 Å². The van der Waals surface area contributed by atoms with E-state index in [0.717, 1.165) is 5.82 Å². The first kappa shape index (κ1) is 17.6. The maximum absolute atomic E-state index is 12.4. The van der Waals surface area contributed by atoms with Gasteiger partial charge in [0.05, 0.1) is 25.1 Å². The van der Waals surface area contributed by atoms with Crippen molar-refractivity contribution in [3.8, 4) is 11.5 Å². The summed E-state index contributed by atoms with van der Waals surface area (Å²) in [6.07, 6.45) is 1.63. The normalized spacial score (nSPS) is 10.2. The number of benzene rings is 1. The standard InChI is InChI=1S/C18H23N3O3/c1-5-23-15-9-7-13(11-16(15)24-6-2)18(22)20-14-8-10-17(19-12-14)21(3)4/h7-12H,5-6H2,1-4H3,(H,20,22). The van der Waals surface area contributed by atoms with Gasteiger partial charge in [-0.05, 0) is 44.2 Å². The summed E-state index contributed by atoms with van der Waals surface area (Å²) < 4.78 is 11.1. The summed E-state index contributed by atoms with van der Waals surface area (Å²) in [5, 5.41) is 2.83. The lowest BCUT2D eigenvalue weighted by Crippen LogP contribution is -2.14. The molecule has 0 atom stereocenters. The maximum atomic E-state index is 12.4. The Bertz CT molecular complexity index is 684. The summed E-state index contributed by atoms with van der Waals surface area (Å²) in [5.74, 6) is 1.80. The largest absolute Gasteiger partial charge is 0.490 e. The zero-order valence-corrected chi connectivity index (χ0v) is 14.5. The molecule has 1 N–H and O–H groups in total. The molecule has 2 rings (SSSR count). The molecule has 1 aromatic heterocycles. The predicted octanol–water partition coefficient (Wildman–Crippen LogP) is 3.20.